The molecule has 0 spiro atoms. The summed E-state index contributed by atoms with van der Waals surface area (Å²) in [6.45, 7) is 6.63. The first-order chi connectivity index (χ1) is 8.15. The van der Waals surface area contributed by atoms with Crippen LogP contribution in [-0.4, -0.2) is 38.1 Å². The summed E-state index contributed by atoms with van der Waals surface area (Å²) in [5, 5.41) is 3.59. The zero-order chi connectivity index (χ0) is 12.7. The number of aryl methyl sites for hydroxylation is 1. The Hall–Kier alpha value is -0.380. The maximum atomic E-state index is 3.59. The van der Waals surface area contributed by atoms with Gasteiger partial charge in [0.05, 0.1) is 0 Å². The van der Waals surface area contributed by atoms with Crippen molar-refractivity contribution in [3.05, 3.63) is 21.9 Å². The minimum absolute atomic E-state index is 0.616. The molecule has 1 unspecified atom stereocenters. The summed E-state index contributed by atoms with van der Waals surface area (Å²) in [4.78, 5) is 5.28. The van der Waals surface area contributed by atoms with Gasteiger partial charge in [-0.25, -0.2) is 0 Å². The number of rotatable bonds is 8. The molecule has 1 aromatic rings. The highest BCUT2D eigenvalue weighted by Crippen LogP contribution is 2.19. The highest BCUT2D eigenvalue weighted by Gasteiger charge is 2.10. The van der Waals surface area contributed by atoms with Crippen LogP contribution >= 0.6 is 11.3 Å². The van der Waals surface area contributed by atoms with Gasteiger partial charge in [0.25, 0.3) is 0 Å². The molecule has 0 bridgehead atoms. The maximum absolute atomic E-state index is 3.59. The molecule has 1 N–H and O–H groups in total. The second-order valence-corrected chi connectivity index (χ2v) is 6.03. The molecule has 3 heteroatoms. The Labute approximate surface area is 110 Å². The third-order valence-corrected chi connectivity index (χ3v) is 4.18. The Morgan fingerprint density at radius 1 is 1.24 bits per heavy atom. The van der Waals surface area contributed by atoms with Crippen molar-refractivity contribution < 1.29 is 0 Å². The molecule has 2 nitrogen and oxygen atoms in total. The van der Waals surface area contributed by atoms with Gasteiger partial charge in [0.1, 0.15) is 0 Å². The van der Waals surface area contributed by atoms with Gasteiger partial charge in [0, 0.05) is 15.8 Å². The monoisotopic (exact) mass is 254 g/mol. The zero-order valence-corrected chi connectivity index (χ0v) is 12.4. The van der Waals surface area contributed by atoms with Crippen molar-refractivity contribution in [2.75, 3.05) is 27.2 Å². The topological polar surface area (TPSA) is 15.3 Å². The Morgan fingerprint density at radius 2 is 1.94 bits per heavy atom. The second kappa shape index (κ2) is 7.85. The molecule has 0 aromatic carbocycles. The summed E-state index contributed by atoms with van der Waals surface area (Å²) in [6, 6.07) is 5.18. The molecule has 0 saturated heterocycles. The van der Waals surface area contributed by atoms with Gasteiger partial charge in [0.2, 0.25) is 0 Å². The van der Waals surface area contributed by atoms with Gasteiger partial charge in [-0.2, -0.15) is 0 Å². The van der Waals surface area contributed by atoms with E-state index in [1.807, 2.05) is 11.3 Å². The van der Waals surface area contributed by atoms with Crippen LogP contribution < -0.4 is 5.32 Å². The third kappa shape index (κ3) is 5.66. The maximum Gasteiger partial charge on any atom is 0.0127 e. The number of hydrogen-bond acceptors (Lipinski definition) is 3. The van der Waals surface area contributed by atoms with E-state index < -0.39 is 0 Å². The average molecular weight is 254 g/mol. The van der Waals surface area contributed by atoms with Gasteiger partial charge in [-0.3, -0.25) is 0 Å². The molecular weight excluding hydrogens is 228 g/mol. The van der Waals surface area contributed by atoms with Crippen LogP contribution in [0.3, 0.4) is 0 Å². The van der Waals surface area contributed by atoms with E-state index in [1.165, 1.54) is 22.6 Å². The molecule has 1 heterocycles. The van der Waals surface area contributed by atoms with E-state index in [1.54, 1.807) is 0 Å². The molecule has 1 atom stereocenters. The first-order valence-electron chi connectivity index (χ1n) is 6.61. The van der Waals surface area contributed by atoms with Crippen molar-refractivity contribution in [3.8, 4) is 0 Å². The van der Waals surface area contributed by atoms with Crippen LogP contribution in [0.4, 0.5) is 0 Å². The SMILES string of the molecule is CCNC(CCN(C)C)Cc1ccc(CC)s1. The van der Waals surface area contributed by atoms with Gasteiger partial charge in [-0.1, -0.05) is 13.8 Å². The van der Waals surface area contributed by atoms with E-state index in [-0.39, 0.29) is 0 Å². The van der Waals surface area contributed by atoms with Crippen LogP contribution in [0.1, 0.15) is 30.0 Å². The fraction of sp³-hybridized carbons (Fsp3) is 0.714. The standard InChI is InChI=1S/C14H26N2S/c1-5-13-7-8-14(17-13)11-12(15-6-2)9-10-16(3)4/h7-8,12,15H,5-6,9-11H2,1-4H3. The highest BCUT2D eigenvalue weighted by atomic mass is 32.1. The number of nitrogens with one attached hydrogen (secondary N) is 1. The normalized spacial score (nSPS) is 13.2. The van der Waals surface area contributed by atoms with Crippen molar-refractivity contribution in [2.45, 2.75) is 39.2 Å². The quantitative estimate of drug-likeness (QED) is 0.767. The summed E-state index contributed by atoms with van der Waals surface area (Å²) < 4.78 is 0. The van der Waals surface area contributed by atoms with E-state index in [9.17, 15) is 0 Å². The molecule has 1 aromatic heterocycles. The fourth-order valence-electron chi connectivity index (χ4n) is 1.94. The van der Waals surface area contributed by atoms with E-state index in [0.29, 0.717) is 6.04 Å². The number of likely N-dealkylation sites (N-methyl/N-ethyl adjacent to an activating group) is 1. The molecule has 98 valence electrons. The third-order valence-electron chi connectivity index (χ3n) is 2.93. The Balaban J connectivity index is 2.47. The summed E-state index contributed by atoms with van der Waals surface area (Å²) in [6.07, 6.45) is 3.56. The fourth-order valence-corrected chi connectivity index (χ4v) is 2.98. The van der Waals surface area contributed by atoms with Crippen molar-refractivity contribution in [1.82, 2.24) is 10.2 Å². The van der Waals surface area contributed by atoms with E-state index in [2.05, 4.69) is 50.3 Å². The van der Waals surface area contributed by atoms with E-state index in [4.69, 9.17) is 0 Å². The minimum Gasteiger partial charge on any atom is -0.314 e. The summed E-state index contributed by atoms with van der Waals surface area (Å²) in [7, 11) is 4.28. The zero-order valence-electron chi connectivity index (χ0n) is 11.6. The van der Waals surface area contributed by atoms with Crippen LogP contribution in [-0.2, 0) is 12.8 Å². The van der Waals surface area contributed by atoms with Crippen LogP contribution in [0, 0.1) is 0 Å². The van der Waals surface area contributed by atoms with Crippen LogP contribution in [0.15, 0.2) is 12.1 Å². The summed E-state index contributed by atoms with van der Waals surface area (Å²) >= 11 is 1.97. The summed E-state index contributed by atoms with van der Waals surface area (Å²) in [5.41, 5.74) is 0. The smallest absolute Gasteiger partial charge is 0.0127 e. The lowest BCUT2D eigenvalue weighted by atomic mass is 10.1. The summed E-state index contributed by atoms with van der Waals surface area (Å²) in [5.74, 6) is 0. The molecular formula is C14H26N2S. The lowest BCUT2D eigenvalue weighted by molar-refractivity contribution is 0.359. The van der Waals surface area contributed by atoms with Crippen LogP contribution in [0.5, 0.6) is 0 Å². The second-order valence-electron chi connectivity index (χ2n) is 4.77. The van der Waals surface area contributed by atoms with Gasteiger partial charge in [0.15, 0.2) is 0 Å². The highest BCUT2D eigenvalue weighted by molar-refractivity contribution is 7.11. The minimum atomic E-state index is 0.616. The van der Waals surface area contributed by atoms with Gasteiger partial charge >= 0.3 is 0 Å². The number of hydrogen-bond donors (Lipinski definition) is 1. The number of thiophene rings is 1. The Bertz CT molecular complexity index is 307. The molecule has 0 aliphatic heterocycles. The van der Waals surface area contributed by atoms with E-state index >= 15 is 0 Å². The van der Waals surface area contributed by atoms with Crippen molar-refractivity contribution >= 4 is 11.3 Å². The first-order valence-corrected chi connectivity index (χ1v) is 7.43. The Kier molecular flexibility index (Phi) is 6.78. The van der Waals surface area contributed by atoms with Gasteiger partial charge in [-0.05, 0) is 58.6 Å². The lowest BCUT2D eigenvalue weighted by Crippen LogP contribution is -2.33. The molecule has 0 amide bonds. The molecule has 0 radical (unpaired) electrons. The molecule has 1 rings (SSSR count). The predicted molar refractivity (Wildman–Crippen MR) is 78.0 cm³/mol. The molecule has 17 heavy (non-hydrogen) atoms. The number of nitrogens with zero attached hydrogens (tertiary/aromatic N) is 1. The van der Waals surface area contributed by atoms with Gasteiger partial charge < -0.3 is 10.2 Å². The van der Waals surface area contributed by atoms with Crippen molar-refractivity contribution in [3.63, 3.8) is 0 Å². The molecule has 0 fully saturated rings. The van der Waals surface area contributed by atoms with Crippen molar-refractivity contribution in [1.29, 1.82) is 0 Å². The Morgan fingerprint density at radius 3 is 2.47 bits per heavy atom. The first kappa shape index (κ1) is 14.7. The van der Waals surface area contributed by atoms with E-state index in [0.717, 1.165) is 19.5 Å². The largest absolute Gasteiger partial charge is 0.314 e. The molecule has 0 saturated carbocycles. The molecule has 0 aliphatic rings. The van der Waals surface area contributed by atoms with Gasteiger partial charge in [-0.15, -0.1) is 11.3 Å². The van der Waals surface area contributed by atoms with Crippen LogP contribution in [0.2, 0.25) is 0 Å². The lowest BCUT2D eigenvalue weighted by Gasteiger charge is -2.19. The average Bonchev–Trinajstić information content (AvgIpc) is 2.74. The van der Waals surface area contributed by atoms with Crippen molar-refractivity contribution in [2.24, 2.45) is 0 Å². The van der Waals surface area contributed by atoms with Crippen LogP contribution in [0.25, 0.3) is 0 Å². The predicted octanol–water partition coefficient (Wildman–Crippen LogP) is 2.78. The molecule has 0 aliphatic carbocycles.